The third-order valence-corrected chi connectivity index (χ3v) is 3.22. The van der Waals surface area contributed by atoms with Crippen molar-refractivity contribution in [2.75, 3.05) is 0 Å². The van der Waals surface area contributed by atoms with Crippen LogP contribution in [-0.4, -0.2) is 18.0 Å². The first-order valence-electron chi connectivity index (χ1n) is 5.65. The summed E-state index contributed by atoms with van der Waals surface area (Å²) in [6.45, 7) is 3.95. The molecule has 0 aliphatic heterocycles. The zero-order chi connectivity index (χ0) is 12.0. The number of hydrogen-bond donors (Lipinski definition) is 2. The first kappa shape index (κ1) is 16.4. The van der Waals surface area contributed by atoms with Crippen molar-refractivity contribution in [2.45, 2.75) is 45.2 Å². The van der Waals surface area contributed by atoms with Gasteiger partial charge in [-0.05, 0) is 31.7 Å². The van der Waals surface area contributed by atoms with Gasteiger partial charge in [-0.1, -0.05) is 6.07 Å². The van der Waals surface area contributed by atoms with Crippen LogP contribution in [0.2, 0.25) is 0 Å². The van der Waals surface area contributed by atoms with Gasteiger partial charge in [-0.25, -0.2) is 0 Å². The molecule has 0 fully saturated rings. The fourth-order valence-electron chi connectivity index (χ4n) is 1.49. The summed E-state index contributed by atoms with van der Waals surface area (Å²) in [5, 5.41) is 5.04. The molecule has 1 amide bonds. The Balaban J connectivity index is 0.00000256. The minimum atomic E-state index is 0. The fourth-order valence-corrected chi connectivity index (χ4v) is 2.32. The monoisotopic (exact) mass is 276 g/mol. The van der Waals surface area contributed by atoms with E-state index in [-0.39, 0.29) is 30.4 Å². The van der Waals surface area contributed by atoms with Crippen LogP contribution >= 0.6 is 23.7 Å². The van der Waals surface area contributed by atoms with Crippen molar-refractivity contribution in [3.8, 4) is 0 Å². The Morgan fingerprint density at radius 1 is 1.53 bits per heavy atom. The van der Waals surface area contributed by atoms with Gasteiger partial charge in [0.15, 0.2) is 0 Å². The number of carbonyl (C=O) groups is 1. The Labute approximate surface area is 113 Å². The maximum atomic E-state index is 11.5. The van der Waals surface area contributed by atoms with E-state index < -0.39 is 0 Å². The van der Waals surface area contributed by atoms with Crippen molar-refractivity contribution in [3.05, 3.63) is 22.4 Å². The van der Waals surface area contributed by atoms with E-state index in [9.17, 15) is 4.79 Å². The maximum absolute atomic E-state index is 11.5. The number of nitrogens with two attached hydrogens (primary N) is 1. The van der Waals surface area contributed by atoms with Gasteiger partial charge in [-0.3, -0.25) is 4.79 Å². The molecule has 0 aliphatic carbocycles. The highest BCUT2D eigenvalue weighted by Crippen LogP contribution is 2.11. The highest BCUT2D eigenvalue weighted by atomic mass is 35.5. The second-order valence-corrected chi connectivity index (χ2v) is 5.30. The van der Waals surface area contributed by atoms with Crippen molar-refractivity contribution in [1.29, 1.82) is 0 Å². The molecule has 0 radical (unpaired) electrons. The minimum Gasteiger partial charge on any atom is -0.353 e. The first-order valence-corrected chi connectivity index (χ1v) is 6.53. The molecule has 1 aromatic heterocycles. The molecule has 0 aromatic carbocycles. The Kier molecular flexibility index (Phi) is 8.21. The second-order valence-electron chi connectivity index (χ2n) is 4.27. The third kappa shape index (κ3) is 7.36. The van der Waals surface area contributed by atoms with Gasteiger partial charge in [0, 0.05) is 29.8 Å². The summed E-state index contributed by atoms with van der Waals surface area (Å²) < 4.78 is 0. The van der Waals surface area contributed by atoms with Gasteiger partial charge in [-0.2, -0.15) is 0 Å². The SMILES string of the molecule is CC(N)CCC(=O)NC(C)Cc1cccs1.Cl. The van der Waals surface area contributed by atoms with Gasteiger partial charge in [0.1, 0.15) is 0 Å². The zero-order valence-electron chi connectivity index (χ0n) is 10.3. The number of halogens is 1. The quantitative estimate of drug-likeness (QED) is 0.838. The van der Waals surface area contributed by atoms with Gasteiger partial charge in [0.05, 0.1) is 0 Å². The number of amides is 1. The van der Waals surface area contributed by atoms with Crippen LogP contribution in [0.25, 0.3) is 0 Å². The van der Waals surface area contributed by atoms with E-state index in [4.69, 9.17) is 5.73 Å². The second kappa shape index (κ2) is 8.50. The smallest absolute Gasteiger partial charge is 0.220 e. The largest absolute Gasteiger partial charge is 0.353 e. The van der Waals surface area contributed by atoms with Gasteiger partial charge in [0.25, 0.3) is 0 Å². The highest BCUT2D eigenvalue weighted by Gasteiger charge is 2.09. The Morgan fingerprint density at radius 3 is 2.76 bits per heavy atom. The lowest BCUT2D eigenvalue weighted by Crippen LogP contribution is -2.34. The number of hydrogen-bond acceptors (Lipinski definition) is 3. The van der Waals surface area contributed by atoms with Crippen LogP contribution in [0.5, 0.6) is 0 Å². The summed E-state index contributed by atoms with van der Waals surface area (Å²) in [4.78, 5) is 12.8. The summed E-state index contributed by atoms with van der Waals surface area (Å²) in [5.41, 5.74) is 5.60. The summed E-state index contributed by atoms with van der Waals surface area (Å²) in [7, 11) is 0. The molecular weight excluding hydrogens is 256 g/mol. The molecule has 0 saturated carbocycles. The summed E-state index contributed by atoms with van der Waals surface area (Å²) in [6, 6.07) is 4.41. The molecule has 3 N–H and O–H groups in total. The third-order valence-electron chi connectivity index (χ3n) is 2.32. The summed E-state index contributed by atoms with van der Waals surface area (Å²) in [5.74, 6) is 0.0985. The van der Waals surface area contributed by atoms with E-state index >= 15 is 0 Å². The summed E-state index contributed by atoms with van der Waals surface area (Å²) in [6.07, 6.45) is 2.17. The van der Waals surface area contributed by atoms with Crippen molar-refractivity contribution in [2.24, 2.45) is 5.73 Å². The van der Waals surface area contributed by atoms with Crippen molar-refractivity contribution in [1.82, 2.24) is 5.32 Å². The molecule has 2 unspecified atom stereocenters. The van der Waals surface area contributed by atoms with Crippen molar-refractivity contribution in [3.63, 3.8) is 0 Å². The fraction of sp³-hybridized carbons (Fsp3) is 0.583. The molecule has 1 rings (SSSR count). The zero-order valence-corrected chi connectivity index (χ0v) is 11.9. The lowest BCUT2D eigenvalue weighted by molar-refractivity contribution is -0.121. The highest BCUT2D eigenvalue weighted by molar-refractivity contribution is 7.09. The van der Waals surface area contributed by atoms with Crippen LogP contribution < -0.4 is 11.1 Å². The van der Waals surface area contributed by atoms with E-state index in [2.05, 4.69) is 16.8 Å². The average Bonchev–Trinajstić information content (AvgIpc) is 2.67. The number of nitrogens with one attached hydrogen (secondary N) is 1. The molecule has 0 bridgehead atoms. The van der Waals surface area contributed by atoms with Gasteiger partial charge < -0.3 is 11.1 Å². The van der Waals surface area contributed by atoms with Crippen LogP contribution in [0.15, 0.2) is 17.5 Å². The van der Waals surface area contributed by atoms with Crippen LogP contribution in [0.1, 0.15) is 31.6 Å². The predicted molar refractivity (Wildman–Crippen MR) is 75.8 cm³/mol. The topological polar surface area (TPSA) is 55.1 Å². The van der Waals surface area contributed by atoms with E-state index in [0.717, 1.165) is 12.8 Å². The van der Waals surface area contributed by atoms with Gasteiger partial charge in [-0.15, -0.1) is 23.7 Å². The van der Waals surface area contributed by atoms with Crippen LogP contribution in [0.4, 0.5) is 0 Å². The van der Waals surface area contributed by atoms with Gasteiger partial charge in [0.2, 0.25) is 5.91 Å². The molecule has 5 heteroatoms. The molecule has 0 spiro atoms. The molecular formula is C12H21ClN2OS. The lowest BCUT2D eigenvalue weighted by Gasteiger charge is -2.13. The predicted octanol–water partition coefficient (Wildman–Crippen LogP) is 2.34. The number of carbonyl (C=O) groups excluding carboxylic acids is 1. The molecule has 1 heterocycles. The standard InChI is InChI=1S/C12H20N2OS.ClH/c1-9(13)5-6-12(15)14-10(2)8-11-4-3-7-16-11;/h3-4,7,9-10H,5-6,8,13H2,1-2H3,(H,14,15);1H. The minimum absolute atomic E-state index is 0. The van der Waals surface area contributed by atoms with Crippen LogP contribution in [0, 0.1) is 0 Å². The Bertz CT molecular complexity index is 314. The van der Waals surface area contributed by atoms with E-state index in [1.165, 1.54) is 4.88 Å². The molecule has 98 valence electrons. The molecule has 0 aliphatic rings. The Hall–Kier alpha value is -0.580. The van der Waals surface area contributed by atoms with Gasteiger partial charge >= 0.3 is 0 Å². The van der Waals surface area contributed by atoms with Crippen molar-refractivity contribution < 1.29 is 4.79 Å². The average molecular weight is 277 g/mol. The number of thiophene rings is 1. The normalized spacial score (nSPS) is 13.6. The van der Waals surface area contributed by atoms with Crippen LogP contribution in [-0.2, 0) is 11.2 Å². The van der Waals surface area contributed by atoms with E-state index in [0.29, 0.717) is 6.42 Å². The van der Waals surface area contributed by atoms with E-state index in [1.807, 2.05) is 19.9 Å². The molecule has 0 saturated heterocycles. The molecule has 2 atom stereocenters. The number of rotatable bonds is 6. The van der Waals surface area contributed by atoms with Crippen LogP contribution in [0.3, 0.4) is 0 Å². The lowest BCUT2D eigenvalue weighted by atomic mass is 10.1. The van der Waals surface area contributed by atoms with E-state index in [1.54, 1.807) is 11.3 Å². The first-order chi connectivity index (χ1) is 7.58. The molecule has 3 nitrogen and oxygen atoms in total. The van der Waals surface area contributed by atoms with Crippen molar-refractivity contribution >= 4 is 29.7 Å². The molecule has 1 aromatic rings. The Morgan fingerprint density at radius 2 is 2.24 bits per heavy atom. The maximum Gasteiger partial charge on any atom is 0.220 e. The summed E-state index contributed by atoms with van der Waals surface area (Å²) >= 11 is 1.73. The molecule has 17 heavy (non-hydrogen) atoms.